The fourth-order valence-corrected chi connectivity index (χ4v) is 2.48. The van der Waals surface area contributed by atoms with Crippen LogP contribution in [0.1, 0.15) is 38.4 Å². The summed E-state index contributed by atoms with van der Waals surface area (Å²) in [6.45, 7) is 5.55. The largest absolute Gasteiger partial charge is 0.380 e. The summed E-state index contributed by atoms with van der Waals surface area (Å²) in [6, 6.07) is 6.26. The Kier molecular flexibility index (Phi) is 5.70. The molecule has 2 unspecified atom stereocenters. The van der Waals surface area contributed by atoms with Crippen molar-refractivity contribution < 1.29 is 13.9 Å². The summed E-state index contributed by atoms with van der Waals surface area (Å²) in [5, 5.41) is 3.14. The van der Waals surface area contributed by atoms with Crippen molar-refractivity contribution in [2.75, 3.05) is 19.8 Å². The van der Waals surface area contributed by atoms with Gasteiger partial charge in [-0.3, -0.25) is 10.1 Å². The Morgan fingerprint density at radius 1 is 1.33 bits per heavy atom. The van der Waals surface area contributed by atoms with Crippen LogP contribution in [0.15, 0.2) is 24.3 Å². The minimum absolute atomic E-state index is 0.0117. The summed E-state index contributed by atoms with van der Waals surface area (Å²) < 4.78 is 19.5. The molecule has 21 heavy (non-hydrogen) atoms. The molecule has 1 amide bonds. The lowest BCUT2D eigenvalue weighted by Gasteiger charge is -2.24. The third kappa shape index (κ3) is 3.80. The highest BCUT2D eigenvalue weighted by atomic mass is 19.1. The Labute approximate surface area is 125 Å². The lowest BCUT2D eigenvalue weighted by Crippen LogP contribution is -2.34. The molecule has 0 aromatic heterocycles. The van der Waals surface area contributed by atoms with Crippen LogP contribution in [0.25, 0.3) is 0 Å². The molecule has 1 heterocycles. The zero-order valence-corrected chi connectivity index (χ0v) is 12.6. The lowest BCUT2D eigenvalue weighted by atomic mass is 10.1. The van der Waals surface area contributed by atoms with Gasteiger partial charge in [0.25, 0.3) is 0 Å². The fourth-order valence-electron chi connectivity index (χ4n) is 2.48. The van der Waals surface area contributed by atoms with Gasteiger partial charge in [0, 0.05) is 18.7 Å². The van der Waals surface area contributed by atoms with Crippen LogP contribution in [-0.2, 0) is 9.53 Å². The lowest BCUT2D eigenvalue weighted by molar-refractivity contribution is -0.130. The molecule has 1 N–H and O–H groups in total. The van der Waals surface area contributed by atoms with Crippen LogP contribution >= 0.6 is 0 Å². The van der Waals surface area contributed by atoms with Gasteiger partial charge in [-0.15, -0.1) is 0 Å². The molecule has 1 saturated heterocycles. The Morgan fingerprint density at radius 2 is 2.10 bits per heavy atom. The van der Waals surface area contributed by atoms with Crippen molar-refractivity contribution in [3.8, 4) is 0 Å². The fraction of sp³-hybridized carbons (Fsp3) is 0.562. The second-order valence-corrected chi connectivity index (χ2v) is 5.31. The number of hydrogen-bond donors (Lipinski definition) is 1. The number of benzene rings is 1. The van der Waals surface area contributed by atoms with Crippen molar-refractivity contribution in [2.24, 2.45) is 0 Å². The first-order valence-corrected chi connectivity index (χ1v) is 7.53. The topological polar surface area (TPSA) is 41.6 Å². The molecule has 2 atom stereocenters. The van der Waals surface area contributed by atoms with Crippen molar-refractivity contribution in [2.45, 2.75) is 38.9 Å². The van der Waals surface area contributed by atoms with Gasteiger partial charge in [0.2, 0.25) is 5.91 Å². The average molecular weight is 294 g/mol. The molecule has 0 radical (unpaired) electrons. The molecule has 4 nitrogen and oxygen atoms in total. The predicted molar refractivity (Wildman–Crippen MR) is 79.2 cm³/mol. The summed E-state index contributed by atoms with van der Waals surface area (Å²) in [5.41, 5.74) is 0.503. The van der Waals surface area contributed by atoms with Crippen LogP contribution < -0.4 is 5.32 Å². The van der Waals surface area contributed by atoms with Gasteiger partial charge in [0.1, 0.15) is 12.0 Å². The first-order valence-electron chi connectivity index (χ1n) is 7.53. The summed E-state index contributed by atoms with van der Waals surface area (Å²) in [5.74, 6) is -0.309. The molecule has 1 fully saturated rings. The molecule has 0 bridgehead atoms. The molecule has 1 aliphatic rings. The maximum atomic E-state index is 13.9. The number of nitrogens with one attached hydrogen (secondary N) is 1. The molecule has 0 aliphatic carbocycles. The van der Waals surface area contributed by atoms with E-state index in [1.807, 2.05) is 0 Å². The first kappa shape index (κ1) is 15.9. The van der Waals surface area contributed by atoms with Crippen molar-refractivity contribution in [1.82, 2.24) is 10.2 Å². The number of amides is 1. The van der Waals surface area contributed by atoms with Crippen LogP contribution in [0, 0.1) is 5.82 Å². The maximum Gasteiger partial charge on any atom is 0.241 e. The third-order valence-corrected chi connectivity index (χ3v) is 3.69. The van der Waals surface area contributed by atoms with Crippen LogP contribution in [-0.4, -0.2) is 36.6 Å². The molecule has 1 aromatic rings. The molecule has 0 spiro atoms. The van der Waals surface area contributed by atoms with Crippen molar-refractivity contribution in [3.05, 3.63) is 35.6 Å². The summed E-state index contributed by atoms with van der Waals surface area (Å²) >= 11 is 0. The van der Waals surface area contributed by atoms with Gasteiger partial charge in [-0.1, -0.05) is 31.5 Å². The molecule has 0 saturated carbocycles. The number of halogens is 1. The molecular formula is C16H23FN2O2. The molecule has 116 valence electrons. The second-order valence-electron chi connectivity index (χ2n) is 5.31. The van der Waals surface area contributed by atoms with E-state index in [1.54, 1.807) is 30.0 Å². The minimum atomic E-state index is -0.413. The number of ether oxygens (including phenoxy) is 1. The normalized spacial score (nSPS) is 22.0. The minimum Gasteiger partial charge on any atom is -0.380 e. The molecule has 1 aromatic carbocycles. The van der Waals surface area contributed by atoms with Gasteiger partial charge >= 0.3 is 0 Å². The Hall–Kier alpha value is -1.46. The Morgan fingerprint density at radius 3 is 2.81 bits per heavy atom. The van der Waals surface area contributed by atoms with Crippen LogP contribution in [0.4, 0.5) is 4.39 Å². The van der Waals surface area contributed by atoms with E-state index in [-0.39, 0.29) is 17.8 Å². The SMILES string of the molecule is CCCCOCCN1C(=O)C(C)NC1c1ccccc1F. The third-order valence-electron chi connectivity index (χ3n) is 3.69. The first-order chi connectivity index (χ1) is 10.1. The van der Waals surface area contributed by atoms with E-state index in [0.29, 0.717) is 25.3 Å². The Balaban J connectivity index is 2.02. The van der Waals surface area contributed by atoms with Crippen LogP contribution in [0.3, 0.4) is 0 Å². The zero-order chi connectivity index (χ0) is 15.2. The number of carbonyl (C=O) groups excluding carboxylic acids is 1. The zero-order valence-electron chi connectivity index (χ0n) is 12.6. The van der Waals surface area contributed by atoms with Gasteiger partial charge in [-0.25, -0.2) is 4.39 Å². The maximum absolute atomic E-state index is 13.9. The number of rotatable bonds is 7. The molecule has 1 aliphatic heterocycles. The van der Waals surface area contributed by atoms with E-state index in [9.17, 15) is 9.18 Å². The highest BCUT2D eigenvalue weighted by molar-refractivity contribution is 5.84. The second kappa shape index (κ2) is 7.52. The summed E-state index contributed by atoms with van der Waals surface area (Å²) in [7, 11) is 0. The quantitative estimate of drug-likeness (QED) is 0.785. The molecular weight excluding hydrogens is 271 g/mol. The monoisotopic (exact) mass is 294 g/mol. The Bertz CT molecular complexity index is 481. The molecule has 2 rings (SSSR count). The van der Waals surface area contributed by atoms with E-state index in [2.05, 4.69) is 12.2 Å². The van der Waals surface area contributed by atoms with Crippen LogP contribution in [0.2, 0.25) is 0 Å². The van der Waals surface area contributed by atoms with Gasteiger partial charge < -0.3 is 9.64 Å². The van der Waals surface area contributed by atoms with E-state index in [1.165, 1.54) is 6.07 Å². The van der Waals surface area contributed by atoms with Crippen LogP contribution in [0.5, 0.6) is 0 Å². The van der Waals surface area contributed by atoms with E-state index < -0.39 is 6.17 Å². The predicted octanol–water partition coefficient (Wildman–Crippen LogP) is 2.46. The van der Waals surface area contributed by atoms with Crippen molar-refractivity contribution >= 4 is 5.91 Å². The average Bonchev–Trinajstić information content (AvgIpc) is 2.75. The van der Waals surface area contributed by atoms with E-state index in [4.69, 9.17) is 4.74 Å². The summed E-state index contributed by atoms with van der Waals surface area (Å²) in [4.78, 5) is 13.9. The number of carbonyl (C=O) groups is 1. The number of hydrogen-bond acceptors (Lipinski definition) is 3. The van der Waals surface area contributed by atoms with Gasteiger partial charge in [-0.05, 0) is 19.4 Å². The van der Waals surface area contributed by atoms with Crippen molar-refractivity contribution in [3.63, 3.8) is 0 Å². The number of nitrogens with zero attached hydrogens (tertiary/aromatic N) is 1. The van der Waals surface area contributed by atoms with E-state index in [0.717, 1.165) is 12.8 Å². The van der Waals surface area contributed by atoms with E-state index >= 15 is 0 Å². The van der Waals surface area contributed by atoms with Crippen molar-refractivity contribution in [1.29, 1.82) is 0 Å². The summed E-state index contributed by atoms with van der Waals surface area (Å²) in [6.07, 6.45) is 1.68. The van der Waals surface area contributed by atoms with Gasteiger partial charge in [0.05, 0.1) is 12.6 Å². The molecule has 5 heteroatoms. The van der Waals surface area contributed by atoms with Gasteiger partial charge in [0.15, 0.2) is 0 Å². The standard InChI is InChI=1S/C16H23FN2O2/c1-3-4-10-21-11-9-19-15(18-12(2)16(19)20)13-7-5-6-8-14(13)17/h5-8,12,15,18H,3-4,9-11H2,1-2H3. The smallest absolute Gasteiger partial charge is 0.241 e. The highest BCUT2D eigenvalue weighted by Crippen LogP contribution is 2.26. The van der Waals surface area contributed by atoms with Gasteiger partial charge in [-0.2, -0.15) is 0 Å². The number of unbranched alkanes of at least 4 members (excludes halogenated alkanes) is 1. The highest BCUT2D eigenvalue weighted by Gasteiger charge is 2.37.